The average Bonchev–Trinajstić information content (AvgIpc) is 2.52. The third-order valence-corrected chi connectivity index (χ3v) is 3.38. The van der Waals surface area contributed by atoms with Crippen LogP contribution in [0.3, 0.4) is 0 Å². The van der Waals surface area contributed by atoms with E-state index in [-0.39, 0.29) is 11.4 Å². The summed E-state index contributed by atoms with van der Waals surface area (Å²) in [6, 6.07) is 5.15. The highest BCUT2D eigenvalue weighted by molar-refractivity contribution is 5.66. The summed E-state index contributed by atoms with van der Waals surface area (Å²) in [5, 5.41) is 20.0. The molecule has 1 unspecified atom stereocenters. The fourth-order valence-corrected chi connectivity index (χ4v) is 2.19. The number of hydrogen-bond donors (Lipinski definition) is 1. The van der Waals surface area contributed by atoms with Gasteiger partial charge >= 0.3 is 6.18 Å². The van der Waals surface area contributed by atoms with E-state index in [9.17, 15) is 28.4 Å². The first-order chi connectivity index (χ1) is 10.8. The van der Waals surface area contributed by atoms with Crippen molar-refractivity contribution in [3.8, 4) is 0 Å². The van der Waals surface area contributed by atoms with Crippen LogP contribution in [0.15, 0.2) is 30.3 Å². The minimum absolute atomic E-state index is 0.161. The van der Waals surface area contributed by atoms with Gasteiger partial charge in [0.2, 0.25) is 0 Å². The maximum Gasteiger partial charge on any atom is 0.418 e. The highest BCUT2D eigenvalue weighted by Gasteiger charge is 2.37. The molecule has 1 heterocycles. The van der Waals surface area contributed by atoms with Gasteiger partial charge in [-0.05, 0) is 23.8 Å². The van der Waals surface area contributed by atoms with Crippen LogP contribution in [-0.2, 0) is 4.74 Å². The summed E-state index contributed by atoms with van der Waals surface area (Å²) in [4.78, 5) is 11.7. The molecular formula is C14H15F3N2O4. The van der Waals surface area contributed by atoms with E-state index in [0.29, 0.717) is 37.9 Å². The predicted molar refractivity (Wildman–Crippen MR) is 75.5 cm³/mol. The number of ether oxygens (including phenoxy) is 1. The third-order valence-electron chi connectivity index (χ3n) is 3.38. The van der Waals surface area contributed by atoms with E-state index in [1.165, 1.54) is 24.3 Å². The Morgan fingerprint density at radius 1 is 1.30 bits per heavy atom. The molecule has 0 aromatic heterocycles. The molecule has 1 aliphatic rings. The Bertz CT molecular complexity index is 581. The Morgan fingerprint density at radius 3 is 2.35 bits per heavy atom. The minimum atomic E-state index is -4.78. The van der Waals surface area contributed by atoms with Crippen molar-refractivity contribution in [2.24, 2.45) is 0 Å². The van der Waals surface area contributed by atoms with Crippen molar-refractivity contribution in [3.05, 3.63) is 46.0 Å². The molecule has 23 heavy (non-hydrogen) atoms. The van der Waals surface area contributed by atoms with E-state index in [1.54, 1.807) is 4.90 Å². The number of nitro benzene ring substituents is 1. The number of halogens is 3. The largest absolute Gasteiger partial charge is 0.418 e. The van der Waals surface area contributed by atoms with Crippen LogP contribution in [0.4, 0.5) is 18.9 Å². The van der Waals surface area contributed by atoms with Crippen LogP contribution in [0.1, 0.15) is 5.56 Å². The molecule has 1 aromatic carbocycles. The van der Waals surface area contributed by atoms with Gasteiger partial charge in [0.15, 0.2) is 6.10 Å². The van der Waals surface area contributed by atoms with Crippen molar-refractivity contribution in [1.82, 2.24) is 4.90 Å². The minimum Gasteiger partial charge on any atom is -0.380 e. The van der Waals surface area contributed by atoms with Crippen LogP contribution in [0.2, 0.25) is 0 Å². The SMILES string of the molecule is O=[N+]([O-])c1ccc(/C(=C\C(O)C(F)(F)F)N2CCOCC2)cc1. The van der Waals surface area contributed by atoms with Crippen LogP contribution >= 0.6 is 0 Å². The second kappa shape index (κ2) is 6.97. The van der Waals surface area contributed by atoms with Crippen molar-refractivity contribution in [1.29, 1.82) is 0 Å². The van der Waals surface area contributed by atoms with E-state index in [1.807, 2.05) is 0 Å². The Kier molecular flexibility index (Phi) is 5.22. The van der Waals surface area contributed by atoms with Crippen molar-refractivity contribution >= 4 is 11.4 Å². The second-order valence-corrected chi connectivity index (χ2v) is 4.94. The van der Waals surface area contributed by atoms with E-state index in [4.69, 9.17) is 4.74 Å². The third kappa shape index (κ3) is 4.42. The van der Waals surface area contributed by atoms with Gasteiger partial charge < -0.3 is 14.7 Å². The zero-order valence-corrected chi connectivity index (χ0v) is 12.0. The van der Waals surface area contributed by atoms with Gasteiger partial charge in [0, 0.05) is 30.9 Å². The summed E-state index contributed by atoms with van der Waals surface area (Å²) >= 11 is 0. The lowest BCUT2D eigenvalue weighted by Crippen LogP contribution is -2.36. The zero-order valence-electron chi connectivity index (χ0n) is 12.0. The smallest absolute Gasteiger partial charge is 0.380 e. The molecule has 1 N–H and O–H groups in total. The first kappa shape index (κ1) is 17.2. The molecule has 126 valence electrons. The molecule has 1 aliphatic heterocycles. The number of morpholine rings is 1. The number of aliphatic hydroxyl groups excluding tert-OH is 1. The van der Waals surface area contributed by atoms with Gasteiger partial charge in [0.05, 0.1) is 18.1 Å². The Labute approximate surface area is 129 Å². The van der Waals surface area contributed by atoms with Crippen LogP contribution < -0.4 is 0 Å². The molecule has 1 fully saturated rings. The van der Waals surface area contributed by atoms with Gasteiger partial charge in [0.25, 0.3) is 5.69 Å². The number of non-ortho nitro benzene ring substituents is 1. The summed E-state index contributed by atoms with van der Waals surface area (Å²) in [5.41, 5.74) is 0.375. The van der Waals surface area contributed by atoms with Crippen molar-refractivity contribution in [3.63, 3.8) is 0 Å². The van der Waals surface area contributed by atoms with Crippen LogP contribution in [0.5, 0.6) is 0 Å². The molecule has 1 saturated heterocycles. The van der Waals surface area contributed by atoms with Gasteiger partial charge in [-0.1, -0.05) is 0 Å². The maximum absolute atomic E-state index is 12.6. The summed E-state index contributed by atoms with van der Waals surface area (Å²) in [7, 11) is 0. The molecule has 0 radical (unpaired) electrons. The van der Waals surface area contributed by atoms with Gasteiger partial charge in [-0.25, -0.2) is 0 Å². The van der Waals surface area contributed by atoms with Gasteiger partial charge in [-0.2, -0.15) is 13.2 Å². The number of hydrogen-bond acceptors (Lipinski definition) is 5. The molecular weight excluding hydrogens is 317 g/mol. The van der Waals surface area contributed by atoms with Crippen molar-refractivity contribution in [2.75, 3.05) is 26.3 Å². The number of benzene rings is 1. The van der Waals surface area contributed by atoms with E-state index >= 15 is 0 Å². The fraction of sp³-hybridized carbons (Fsp3) is 0.429. The van der Waals surface area contributed by atoms with Crippen LogP contribution in [0, 0.1) is 10.1 Å². The molecule has 0 spiro atoms. The standard InChI is InChI=1S/C14H15F3N2O4/c15-14(16,17)13(20)9-12(18-5-7-23-8-6-18)10-1-3-11(4-2-10)19(21)22/h1-4,9,13,20H,5-8H2/b12-9+. The number of aliphatic hydroxyl groups is 1. The molecule has 6 nitrogen and oxygen atoms in total. The van der Waals surface area contributed by atoms with Gasteiger partial charge in [-0.15, -0.1) is 0 Å². The van der Waals surface area contributed by atoms with Gasteiger partial charge in [-0.3, -0.25) is 10.1 Å². The summed E-state index contributed by atoms with van der Waals surface area (Å²) in [6.45, 7) is 1.44. The Balaban J connectivity index is 2.36. The topological polar surface area (TPSA) is 75.8 Å². The molecule has 1 atom stereocenters. The summed E-state index contributed by atoms with van der Waals surface area (Å²) in [5.74, 6) is 0. The summed E-state index contributed by atoms with van der Waals surface area (Å²) < 4.78 is 43.1. The van der Waals surface area contributed by atoms with Gasteiger partial charge in [0.1, 0.15) is 0 Å². The zero-order chi connectivity index (χ0) is 17.0. The highest BCUT2D eigenvalue weighted by Crippen LogP contribution is 2.28. The molecule has 9 heteroatoms. The number of nitro groups is 1. The van der Waals surface area contributed by atoms with Crippen molar-refractivity contribution in [2.45, 2.75) is 12.3 Å². The molecule has 0 aliphatic carbocycles. The quantitative estimate of drug-likeness (QED) is 0.676. The highest BCUT2D eigenvalue weighted by atomic mass is 19.4. The Hall–Kier alpha value is -2.13. The number of alkyl halides is 3. The maximum atomic E-state index is 12.6. The van der Waals surface area contributed by atoms with E-state index in [2.05, 4.69) is 0 Å². The average molecular weight is 332 g/mol. The number of nitrogens with zero attached hydrogens (tertiary/aromatic N) is 2. The predicted octanol–water partition coefficient (Wildman–Crippen LogP) is 2.19. The second-order valence-electron chi connectivity index (χ2n) is 4.94. The first-order valence-electron chi connectivity index (χ1n) is 6.83. The first-order valence-corrected chi connectivity index (χ1v) is 6.83. The van der Waals surface area contributed by atoms with Crippen molar-refractivity contribution < 1.29 is 27.9 Å². The van der Waals surface area contributed by atoms with E-state index in [0.717, 1.165) is 0 Å². The Morgan fingerprint density at radius 2 is 1.87 bits per heavy atom. The molecule has 0 bridgehead atoms. The normalized spacial score (nSPS) is 17.9. The number of rotatable bonds is 4. The monoisotopic (exact) mass is 332 g/mol. The molecule has 2 rings (SSSR count). The lowest BCUT2D eigenvalue weighted by atomic mass is 10.1. The fourth-order valence-electron chi connectivity index (χ4n) is 2.19. The lowest BCUT2D eigenvalue weighted by molar-refractivity contribution is -0.384. The summed E-state index contributed by atoms with van der Waals surface area (Å²) in [6.07, 6.45) is -6.68. The van der Waals surface area contributed by atoms with Crippen LogP contribution in [0.25, 0.3) is 5.70 Å². The molecule has 0 amide bonds. The lowest BCUT2D eigenvalue weighted by Gasteiger charge is -2.32. The molecule has 1 aromatic rings. The molecule has 0 saturated carbocycles. The van der Waals surface area contributed by atoms with Crippen LogP contribution in [-0.4, -0.2) is 53.5 Å². The van der Waals surface area contributed by atoms with E-state index < -0.39 is 17.2 Å².